The second-order valence-corrected chi connectivity index (χ2v) is 3.33. The van der Waals surface area contributed by atoms with Gasteiger partial charge in [0.2, 0.25) is 0 Å². The summed E-state index contributed by atoms with van der Waals surface area (Å²) in [6, 6.07) is 1.86. The summed E-state index contributed by atoms with van der Waals surface area (Å²) in [4.78, 5) is 0. The second kappa shape index (κ2) is 3.72. The van der Waals surface area contributed by atoms with Gasteiger partial charge in [0.15, 0.2) is 0 Å². The lowest BCUT2D eigenvalue weighted by atomic mass is 10.1. The average Bonchev–Trinajstić information content (AvgIpc) is 2.01. The molecule has 0 aliphatic carbocycles. The molecule has 66 valence electrons. The average molecular weight is 183 g/mol. The smallest absolute Gasteiger partial charge is 0.142 e. The molecule has 0 fully saturated rings. The molecule has 1 rings (SSSR count). The van der Waals surface area contributed by atoms with Gasteiger partial charge >= 0.3 is 0 Å². The summed E-state index contributed by atoms with van der Waals surface area (Å²) in [5, 5.41) is 9.21. The van der Waals surface area contributed by atoms with Crippen molar-refractivity contribution in [2.24, 2.45) is 0 Å². The number of nitrogens with zero attached hydrogens (tertiary/aromatic N) is 1. The van der Waals surface area contributed by atoms with E-state index >= 15 is 0 Å². The summed E-state index contributed by atoms with van der Waals surface area (Å²) in [5.74, 6) is 0. The summed E-state index contributed by atoms with van der Waals surface area (Å²) >= 11 is 4.93. The van der Waals surface area contributed by atoms with Crippen molar-refractivity contribution in [3.05, 3.63) is 28.0 Å². The monoisotopic (exact) mass is 183 g/mol. The molecule has 0 aromatic carbocycles. The Kier molecular flexibility index (Phi) is 2.87. The van der Waals surface area contributed by atoms with Crippen LogP contribution in [0.5, 0.6) is 0 Å². The number of pyridine rings is 1. The zero-order valence-electron chi connectivity index (χ0n) is 7.37. The van der Waals surface area contributed by atoms with Crippen molar-refractivity contribution in [3.8, 4) is 0 Å². The van der Waals surface area contributed by atoms with Gasteiger partial charge in [-0.15, -0.1) is 0 Å². The molecule has 0 saturated heterocycles. The Morgan fingerprint density at radius 2 is 2.25 bits per heavy atom. The summed E-state index contributed by atoms with van der Waals surface area (Å²) in [6.45, 7) is 4.11. The minimum atomic E-state index is 0.476. The van der Waals surface area contributed by atoms with Crippen molar-refractivity contribution in [3.63, 3.8) is 0 Å². The normalized spacial score (nSPS) is 10.2. The molecule has 0 unspecified atom stereocenters. The van der Waals surface area contributed by atoms with E-state index < -0.39 is 0 Å². The van der Waals surface area contributed by atoms with Crippen molar-refractivity contribution in [2.45, 2.75) is 26.7 Å². The predicted molar refractivity (Wildman–Crippen MR) is 51.2 cm³/mol. The molecule has 0 aliphatic heterocycles. The second-order valence-electron chi connectivity index (χ2n) is 2.91. The maximum atomic E-state index is 9.21. The van der Waals surface area contributed by atoms with Crippen LogP contribution in [0.2, 0.25) is 0 Å². The zero-order chi connectivity index (χ0) is 9.14. The molecule has 12 heavy (non-hydrogen) atoms. The van der Waals surface area contributed by atoms with Crippen molar-refractivity contribution in [1.29, 1.82) is 0 Å². The van der Waals surface area contributed by atoms with Gasteiger partial charge in [-0.05, 0) is 30.5 Å². The molecule has 0 radical (unpaired) electrons. The van der Waals surface area contributed by atoms with E-state index in [2.05, 4.69) is 6.92 Å². The fourth-order valence-electron chi connectivity index (χ4n) is 1.20. The fraction of sp³-hybridized carbons (Fsp3) is 0.444. The minimum absolute atomic E-state index is 0.476. The molecule has 1 aromatic rings. The number of aryl methyl sites for hydroxylation is 2. The van der Waals surface area contributed by atoms with Crippen LogP contribution in [0.3, 0.4) is 0 Å². The summed E-state index contributed by atoms with van der Waals surface area (Å²) < 4.78 is 1.47. The molecular weight excluding hydrogens is 170 g/mol. The molecule has 0 saturated carbocycles. The van der Waals surface area contributed by atoms with E-state index in [0.717, 1.165) is 23.1 Å². The van der Waals surface area contributed by atoms with Gasteiger partial charge in [0, 0.05) is 6.20 Å². The Hall–Kier alpha value is -0.830. The van der Waals surface area contributed by atoms with Gasteiger partial charge in [-0.3, -0.25) is 0 Å². The molecule has 0 aliphatic rings. The first-order chi connectivity index (χ1) is 5.65. The SMILES string of the molecule is CCCc1cc(=S)n(O)cc1C. The van der Waals surface area contributed by atoms with Crippen LogP contribution in [0.1, 0.15) is 24.5 Å². The van der Waals surface area contributed by atoms with E-state index in [0.29, 0.717) is 4.64 Å². The van der Waals surface area contributed by atoms with E-state index in [1.54, 1.807) is 6.20 Å². The zero-order valence-corrected chi connectivity index (χ0v) is 8.19. The molecule has 0 spiro atoms. The molecule has 0 amide bonds. The van der Waals surface area contributed by atoms with Crippen molar-refractivity contribution in [1.82, 2.24) is 4.73 Å². The Balaban J connectivity index is 3.14. The van der Waals surface area contributed by atoms with Gasteiger partial charge in [0.1, 0.15) is 4.64 Å². The number of aromatic nitrogens is 1. The van der Waals surface area contributed by atoms with Crippen LogP contribution in [-0.2, 0) is 6.42 Å². The standard InChI is InChI=1S/C9H13NOS/c1-3-4-8-5-9(12)10(11)6-7(8)2/h5-6,11H,3-4H2,1-2H3. The van der Waals surface area contributed by atoms with Gasteiger partial charge in [0.05, 0.1) is 0 Å². The van der Waals surface area contributed by atoms with Gasteiger partial charge < -0.3 is 5.21 Å². The molecule has 3 heteroatoms. The third kappa shape index (κ3) is 1.85. The molecular formula is C9H13NOS. The maximum Gasteiger partial charge on any atom is 0.142 e. The van der Waals surface area contributed by atoms with Gasteiger partial charge in [0.25, 0.3) is 0 Å². The van der Waals surface area contributed by atoms with Crippen molar-refractivity contribution >= 4 is 12.2 Å². The molecule has 2 nitrogen and oxygen atoms in total. The predicted octanol–water partition coefficient (Wildman–Crippen LogP) is 2.72. The molecule has 0 bridgehead atoms. The first-order valence-electron chi connectivity index (χ1n) is 4.06. The van der Waals surface area contributed by atoms with Crippen LogP contribution in [-0.4, -0.2) is 9.94 Å². The van der Waals surface area contributed by atoms with Crippen LogP contribution in [0, 0.1) is 11.6 Å². The highest BCUT2D eigenvalue weighted by Crippen LogP contribution is 2.09. The minimum Gasteiger partial charge on any atom is -0.428 e. The van der Waals surface area contributed by atoms with Crippen molar-refractivity contribution in [2.75, 3.05) is 0 Å². The Morgan fingerprint density at radius 3 is 2.83 bits per heavy atom. The van der Waals surface area contributed by atoms with Gasteiger partial charge in [-0.2, -0.15) is 4.73 Å². The first-order valence-corrected chi connectivity index (χ1v) is 4.47. The van der Waals surface area contributed by atoms with E-state index in [1.165, 1.54) is 5.56 Å². The van der Waals surface area contributed by atoms with Crippen LogP contribution >= 0.6 is 12.2 Å². The lowest BCUT2D eigenvalue weighted by Crippen LogP contribution is -1.98. The van der Waals surface area contributed by atoms with E-state index in [9.17, 15) is 5.21 Å². The van der Waals surface area contributed by atoms with Gasteiger partial charge in [-0.1, -0.05) is 25.6 Å². The summed E-state index contributed by atoms with van der Waals surface area (Å²) in [7, 11) is 0. The van der Waals surface area contributed by atoms with Crippen LogP contribution in [0.15, 0.2) is 12.3 Å². The largest absolute Gasteiger partial charge is 0.428 e. The highest BCUT2D eigenvalue weighted by molar-refractivity contribution is 7.71. The molecule has 1 N–H and O–H groups in total. The summed E-state index contributed by atoms with van der Waals surface area (Å²) in [6.07, 6.45) is 3.79. The van der Waals surface area contributed by atoms with E-state index in [4.69, 9.17) is 12.2 Å². The number of hydrogen-bond acceptors (Lipinski definition) is 2. The quantitative estimate of drug-likeness (QED) is 0.563. The van der Waals surface area contributed by atoms with Crippen LogP contribution in [0.4, 0.5) is 0 Å². The third-order valence-corrected chi connectivity index (χ3v) is 2.17. The summed E-state index contributed by atoms with van der Waals surface area (Å²) in [5.41, 5.74) is 2.32. The number of rotatable bonds is 2. The maximum absolute atomic E-state index is 9.21. The Bertz CT molecular complexity index is 330. The number of hydrogen-bond donors (Lipinski definition) is 1. The van der Waals surface area contributed by atoms with Crippen LogP contribution < -0.4 is 0 Å². The Labute approximate surface area is 77.4 Å². The molecule has 0 atom stereocenters. The van der Waals surface area contributed by atoms with Crippen molar-refractivity contribution < 1.29 is 5.21 Å². The topological polar surface area (TPSA) is 25.2 Å². The van der Waals surface area contributed by atoms with Crippen LogP contribution in [0.25, 0.3) is 0 Å². The van der Waals surface area contributed by atoms with E-state index in [-0.39, 0.29) is 0 Å². The first kappa shape index (κ1) is 9.26. The molecule has 1 aromatic heterocycles. The lowest BCUT2D eigenvalue weighted by Gasteiger charge is -2.05. The fourth-order valence-corrected chi connectivity index (χ4v) is 1.39. The lowest BCUT2D eigenvalue weighted by molar-refractivity contribution is 0.179. The highest BCUT2D eigenvalue weighted by Gasteiger charge is 1.98. The highest BCUT2D eigenvalue weighted by atomic mass is 32.1. The third-order valence-electron chi connectivity index (χ3n) is 1.87. The molecule has 1 heterocycles. The Morgan fingerprint density at radius 1 is 1.58 bits per heavy atom. The van der Waals surface area contributed by atoms with Gasteiger partial charge in [-0.25, -0.2) is 0 Å². The van der Waals surface area contributed by atoms with E-state index in [1.807, 2.05) is 13.0 Å².